The van der Waals surface area contributed by atoms with E-state index in [1.54, 1.807) is 0 Å². The van der Waals surface area contributed by atoms with Crippen molar-refractivity contribution in [1.82, 2.24) is 9.59 Å². The van der Waals surface area contributed by atoms with Gasteiger partial charge in [-0.1, -0.05) is 23.0 Å². The van der Waals surface area contributed by atoms with Crippen molar-refractivity contribution in [2.45, 2.75) is 25.7 Å². The van der Waals surface area contributed by atoms with Crippen molar-refractivity contribution >= 4 is 29.1 Å². The minimum atomic E-state index is -0.802. The number of nitrogens with zero attached hydrogens (tertiary/aromatic N) is 2. The van der Waals surface area contributed by atoms with Gasteiger partial charge in [-0.15, -0.1) is 5.10 Å². The fourth-order valence-electron chi connectivity index (χ4n) is 2.91. The first-order valence-corrected chi connectivity index (χ1v) is 8.38. The van der Waals surface area contributed by atoms with Crippen LogP contribution < -0.4 is 5.32 Å². The van der Waals surface area contributed by atoms with Gasteiger partial charge in [-0.2, -0.15) is 0 Å². The fraction of sp³-hybridized carbons (Fsp3) is 0.375. The number of carboxylic acid groups (broad SMARTS) is 1. The van der Waals surface area contributed by atoms with Crippen LogP contribution >= 0.6 is 11.5 Å². The lowest BCUT2D eigenvalue weighted by atomic mass is 9.81. The number of benzene rings is 1. The summed E-state index contributed by atoms with van der Waals surface area (Å²) in [7, 11) is 0. The Morgan fingerprint density at radius 3 is 2.57 bits per heavy atom. The largest absolute Gasteiger partial charge is 0.481 e. The predicted octanol–water partition coefficient (Wildman–Crippen LogP) is 3.03. The second kappa shape index (κ2) is 6.87. The summed E-state index contributed by atoms with van der Waals surface area (Å²) in [6, 6.07) is 7.41. The molecule has 0 aliphatic heterocycles. The number of hydrogen-bond donors (Lipinski definition) is 2. The van der Waals surface area contributed by atoms with Crippen LogP contribution in [0.2, 0.25) is 0 Å². The quantitative estimate of drug-likeness (QED) is 0.898. The van der Waals surface area contributed by atoms with E-state index in [2.05, 4.69) is 14.9 Å². The lowest BCUT2D eigenvalue weighted by Gasteiger charge is -2.25. The third kappa shape index (κ3) is 3.73. The molecule has 1 aromatic carbocycles. The third-order valence-electron chi connectivity index (χ3n) is 4.20. The molecule has 1 aromatic heterocycles. The zero-order valence-electron chi connectivity index (χ0n) is 12.4. The second-order valence-electron chi connectivity index (χ2n) is 5.76. The van der Waals surface area contributed by atoms with E-state index < -0.39 is 11.9 Å². The summed E-state index contributed by atoms with van der Waals surface area (Å²) in [5.41, 5.74) is 2.46. The standard InChI is InChI=1S/C16H17N3O3S/c20-15(11-2-1-3-12(8-11)16(21)22)17-13-6-4-10(5-7-13)14-9-23-19-18-14/h4-7,9,11-12H,1-3,8H2,(H,17,20)(H,21,22). The van der Waals surface area contributed by atoms with Crippen molar-refractivity contribution in [3.63, 3.8) is 0 Å². The summed E-state index contributed by atoms with van der Waals surface area (Å²) in [4.78, 5) is 23.4. The van der Waals surface area contributed by atoms with E-state index in [1.165, 1.54) is 11.5 Å². The Bertz CT molecular complexity index is 685. The Balaban J connectivity index is 1.62. The average molecular weight is 331 g/mol. The zero-order valence-corrected chi connectivity index (χ0v) is 13.3. The Labute approximate surface area is 137 Å². The number of aliphatic carboxylic acids is 1. The summed E-state index contributed by atoms with van der Waals surface area (Å²) in [5.74, 6) is -1.53. The van der Waals surface area contributed by atoms with Crippen LogP contribution in [0.15, 0.2) is 29.6 Å². The average Bonchev–Trinajstić information content (AvgIpc) is 3.10. The van der Waals surface area contributed by atoms with Crippen molar-refractivity contribution in [2.24, 2.45) is 11.8 Å². The van der Waals surface area contributed by atoms with Crippen LogP contribution in [0, 0.1) is 11.8 Å². The molecular weight excluding hydrogens is 314 g/mol. The van der Waals surface area contributed by atoms with Crippen LogP contribution in [0.3, 0.4) is 0 Å². The van der Waals surface area contributed by atoms with Crippen LogP contribution in [-0.4, -0.2) is 26.6 Å². The molecule has 7 heteroatoms. The molecule has 120 valence electrons. The smallest absolute Gasteiger partial charge is 0.306 e. The minimum absolute atomic E-state index is 0.0981. The number of anilines is 1. The molecule has 0 spiro atoms. The van der Waals surface area contributed by atoms with Gasteiger partial charge < -0.3 is 10.4 Å². The molecule has 2 unspecified atom stereocenters. The normalized spacial score (nSPS) is 20.9. The van der Waals surface area contributed by atoms with E-state index in [9.17, 15) is 9.59 Å². The monoisotopic (exact) mass is 331 g/mol. The van der Waals surface area contributed by atoms with Gasteiger partial charge in [0.1, 0.15) is 5.69 Å². The molecule has 1 saturated carbocycles. The van der Waals surface area contributed by atoms with Crippen LogP contribution in [0.5, 0.6) is 0 Å². The Hall–Kier alpha value is -2.28. The van der Waals surface area contributed by atoms with E-state index in [-0.39, 0.29) is 11.8 Å². The molecule has 1 amide bonds. The highest BCUT2D eigenvalue weighted by Crippen LogP contribution is 2.30. The molecule has 2 atom stereocenters. The number of carbonyl (C=O) groups excluding carboxylic acids is 1. The molecule has 0 bridgehead atoms. The topological polar surface area (TPSA) is 92.2 Å². The van der Waals surface area contributed by atoms with Gasteiger partial charge in [0, 0.05) is 22.5 Å². The first-order valence-electron chi connectivity index (χ1n) is 7.54. The third-order valence-corrected chi connectivity index (χ3v) is 4.71. The van der Waals surface area contributed by atoms with Crippen molar-refractivity contribution in [1.29, 1.82) is 0 Å². The van der Waals surface area contributed by atoms with Crippen LogP contribution in [0.1, 0.15) is 25.7 Å². The maximum absolute atomic E-state index is 12.3. The van der Waals surface area contributed by atoms with Gasteiger partial charge in [-0.05, 0) is 42.9 Å². The molecular formula is C16H17N3O3S. The van der Waals surface area contributed by atoms with E-state index in [1.807, 2.05) is 29.6 Å². The summed E-state index contributed by atoms with van der Waals surface area (Å²) < 4.78 is 3.83. The SMILES string of the molecule is O=C(O)C1CCCC(C(=O)Nc2ccc(-c3csnn3)cc2)C1. The molecule has 0 saturated heterocycles. The second-order valence-corrected chi connectivity index (χ2v) is 6.37. The van der Waals surface area contributed by atoms with Gasteiger partial charge in [-0.3, -0.25) is 9.59 Å². The summed E-state index contributed by atoms with van der Waals surface area (Å²) in [6.07, 6.45) is 2.61. The fourth-order valence-corrected chi connectivity index (χ4v) is 3.38. The van der Waals surface area contributed by atoms with Gasteiger partial charge in [0.05, 0.1) is 5.92 Å². The van der Waals surface area contributed by atoms with Gasteiger partial charge in [0.25, 0.3) is 0 Å². The molecule has 1 heterocycles. The predicted molar refractivity (Wildman–Crippen MR) is 87.1 cm³/mol. The van der Waals surface area contributed by atoms with E-state index in [0.29, 0.717) is 18.5 Å². The highest BCUT2D eigenvalue weighted by Gasteiger charge is 2.30. The molecule has 1 aliphatic carbocycles. The molecule has 1 fully saturated rings. The number of amides is 1. The van der Waals surface area contributed by atoms with Crippen LogP contribution in [0.25, 0.3) is 11.3 Å². The van der Waals surface area contributed by atoms with Crippen molar-refractivity contribution in [3.05, 3.63) is 29.6 Å². The lowest BCUT2D eigenvalue weighted by Crippen LogP contribution is -2.30. The number of hydrogen-bond acceptors (Lipinski definition) is 5. The number of nitrogens with one attached hydrogen (secondary N) is 1. The number of rotatable bonds is 4. The van der Waals surface area contributed by atoms with Crippen molar-refractivity contribution in [3.8, 4) is 11.3 Å². The Morgan fingerprint density at radius 1 is 1.17 bits per heavy atom. The summed E-state index contributed by atoms with van der Waals surface area (Å²) in [6.45, 7) is 0. The van der Waals surface area contributed by atoms with Gasteiger partial charge >= 0.3 is 5.97 Å². The van der Waals surface area contributed by atoms with Gasteiger partial charge in [-0.25, -0.2) is 0 Å². The minimum Gasteiger partial charge on any atom is -0.481 e. The van der Waals surface area contributed by atoms with Gasteiger partial charge in [0.15, 0.2) is 0 Å². The van der Waals surface area contributed by atoms with E-state index in [0.717, 1.165) is 24.1 Å². The number of carbonyl (C=O) groups is 2. The highest BCUT2D eigenvalue weighted by molar-refractivity contribution is 7.03. The first kappa shape index (κ1) is 15.6. The van der Waals surface area contributed by atoms with E-state index in [4.69, 9.17) is 5.11 Å². The maximum atomic E-state index is 12.3. The first-order chi connectivity index (χ1) is 11.1. The Morgan fingerprint density at radius 2 is 1.91 bits per heavy atom. The highest BCUT2D eigenvalue weighted by atomic mass is 32.1. The van der Waals surface area contributed by atoms with Gasteiger partial charge in [0.2, 0.25) is 5.91 Å². The molecule has 23 heavy (non-hydrogen) atoms. The Kier molecular flexibility index (Phi) is 4.66. The molecule has 2 aromatic rings. The molecule has 1 aliphatic rings. The van der Waals surface area contributed by atoms with E-state index >= 15 is 0 Å². The molecule has 3 rings (SSSR count). The number of carboxylic acids is 1. The van der Waals surface area contributed by atoms with Crippen LogP contribution in [-0.2, 0) is 9.59 Å². The molecule has 0 radical (unpaired) electrons. The lowest BCUT2D eigenvalue weighted by molar-refractivity contribution is -0.143. The maximum Gasteiger partial charge on any atom is 0.306 e. The molecule has 2 N–H and O–H groups in total. The number of aromatic nitrogens is 2. The summed E-state index contributed by atoms with van der Waals surface area (Å²) in [5, 5.41) is 17.8. The molecule has 6 nitrogen and oxygen atoms in total. The zero-order chi connectivity index (χ0) is 16.2. The van der Waals surface area contributed by atoms with Crippen molar-refractivity contribution < 1.29 is 14.7 Å². The summed E-state index contributed by atoms with van der Waals surface area (Å²) >= 11 is 1.29. The van der Waals surface area contributed by atoms with Crippen LogP contribution in [0.4, 0.5) is 5.69 Å². The van der Waals surface area contributed by atoms with Crippen molar-refractivity contribution in [2.75, 3.05) is 5.32 Å².